The van der Waals surface area contributed by atoms with Crippen molar-refractivity contribution in [2.75, 3.05) is 26.2 Å². The Balaban J connectivity index is 1.77. The van der Waals surface area contributed by atoms with Crippen LogP contribution in [0.4, 0.5) is 0 Å². The topological polar surface area (TPSA) is 24.5 Å². The van der Waals surface area contributed by atoms with Gasteiger partial charge in [0.1, 0.15) is 0 Å². The summed E-state index contributed by atoms with van der Waals surface area (Å²) in [4.78, 5) is 2.63. The number of hydrogen-bond acceptors (Lipinski definition) is 3. The van der Waals surface area contributed by atoms with Crippen molar-refractivity contribution in [3.63, 3.8) is 0 Å². The summed E-state index contributed by atoms with van der Waals surface area (Å²) in [6, 6.07) is 1.22. The molecule has 4 atom stereocenters. The minimum atomic E-state index is 0.326. The summed E-state index contributed by atoms with van der Waals surface area (Å²) in [6.07, 6.45) is 7.03. The van der Waals surface area contributed by atoms with Crippen LogP contribution in [0.15, 0.2) is 0 Å². The molecule has 20 heavy (non-hydrogen) atoms. The highest BCUT2D eigenvalue weighted by atomic mass is 16.5. The minimum Gasteiger partial charge on any atom is -0.378 e. The van der Waals surface area contributed by atoms with E-state index in [9.17, 15) is 0 Å². The van der Waals surface area contributed by atoms with Gasteiger partial charge in [-0.25, -0.2) is 0 Å². The van der Waals surface area contributed by atoms with Gasteiger partial charge in [-0.3, -0.25) is 0 Å². The highest BCUT2D eigenvalue weighted by Gasteiger charge is 2.51. The second-order valence-corrected chi connectivity index (χ2v) is 7.02. The number of piperidine rings is 1. The van der Waals surface area contributed by atoms with Crippen LogP contribution in [0.3, 0.4) is 0 Å². The number of nitrogens with one attached hydrogen (secondary N) is 1. The fourth-order valence-corrected chi connectivity index (χ4v) is 3.93. The van der Waals surface area contributed by atoms with Crippen LogP contribution in [0.1, 0.15) is 59.8 Å². The predicted molar refractivity (Wildman–Crippen MR) is 85.1 cm³/mol. The van der Waals surface area contributed by atoms with Gasteiger partial charge in [-0.1, -0.05) is 20.3 Å². The molecule has 1 aliphatic carbocycles. The van der Waals surface area contributed by atoms with Crippen LogP contribution < -0.4 is 5.32 Å². The molecule has 118 valence electrons. The van der Waals surface area contributed by atoms with Gasteiger partial charge < -0.3 is 15.0 Å². The summed E-state index contributed by atoms with van der Waals surface area (Å²) >= 11 is 0. The molecule has 2 aliphatic rings. The van der Waals surface area contributed by atoms with Crippen molar-refractivity contribution in [1.29, 1.82) is 0 Å². The summed E-state index contributed by atoms with van der Waals surface area (Å²) in [5, 5.41) is 3.87. The summed E-state index contributed by atoms with van der Waals surface area (Å²) in [5.41, 5.74) is 0.326. The number of ether oxygens (including phenoxy) is 1. The van der Waals surface area contributed by atoms with Crippen LogP contribution in [0.25, 0.3) is 0 Å². The largest absolute Gasteiger partial charge is 0.378 e. The van der Waals surface area contributed by atoms with Crippen LogP contribution in [0.5, 0.6) is 0 Å². The van der Waals surface area contributed by atoms with Gasteiger partial charge in [0.15, 0.2) is 0 Å². The summed E-state index contributed by atoms with van der Waals surface area (Å²) in [5.74, 6) is 0. The van der Waals surface area contributed by atoms with Crippen molar-refractivity contribution in [2.45, 2.75) is 78.0 Å². The fourth-order valence-electron chi connectivity index (χ4n) is 3.93. The van der Waals surface area contributed by atoms with E-state index in [0.29, 0.717) is 23.6 Å². The van der Waals surface area contributed by atoms with E-state index in [-0.39, 0.29) is 0 Å². The lowest BCUT2D eigenvalue weighted by Gasteiger charge is -2.54. The zero-order valence-corrected chi connectivity index (χ0v) is 14.0. The van der Waals surface area contributed by atoms with Gasteiger partial charge in [0.05, 0.1) is 6.10 Å². The van der Waals surface area contributed by atoms with Crippen molar-refractivity contribution in [2.24, 2.45) is 5.41 Å². The van der Waals surface area contributed by atoms with Crippen LogP contribution >= 0.6 is 0 Å². The van der Waals surface area contributed by atoms with Gasteiger partial charge in [0.2, 0.25) is 0 Å². The molecule has 3 nitrogen and oxygen atoms in total. The average Bonchev–Trinajstić information content (AvgIpc) is 2.46. The molecule has 1 N–H and O–H groups in total. The Hall–Kier alpha value is -0.120. The molecule has 0 amide bonds. The average molecular weight is 282 g/mol. The third-order valence-corrected chi connectivity index (χ3v) is 5.58. The monoisotopic (exact) mass is 282 g/mol. The number of rotatable bonds is 7. The van der Waals surface area contributed by atoms with Crippen LogP contribution in [0.2, 0.25) is 0 Å². The predicted octanol–water partition coefficient (Wildman–Crippen LogP) is 3.04. The lowest BCUT2D eigenvalue weighted by atomic mass is 9.61. The van der Waals surface area contributed by atoms with E-state index in [1.54, 1.807) is 0 Å². The number of hydrogen-bond donors (Lipinski definition) is 1. The Bertz CT molecular complexity index is 291. The van der Waals surface area contributed by atoms with E-state index in [2.05, 4.69) is 37.9 Å². The molecule has 0 bridgehead atoms. The van der Waals surface area contributed by atoms with Crippen LogP contribution in [0, 0.1) is 5.41 Å². The maximum Gasteiger partial charge on any atom is 0.0658 e. The van der Waals surface area contributed by atoms with Crippen LogP contribution in [-0.4, -0.2) is 49.3 Å². The summed E-state index contributed by atoms with van der Waals surface area (Å²) in [6.45, 7) is 13.8. The number of nitrogens with zero attached hydrogens (tertiary/aromatic N) is 1. The van der Waals surface area contributed by atoms with Crippen molar-refractivity contribution in [1.82, 2.24) is 10.2 Å². The second kappa shape index (κ2) is 7.24. The van der Waals surface area contributed by atoms with Gasteiger partial charge in [0.25, 0.3) is 0 Å². The molecule has 0 aromatic carbocycles. The zero-order valence-electron chi connectivity index (χ0n) is 14.0. The molecule has 4 unspecified atom stereocenters. The first kappa shape index (κ1) is 16.3. The molecule has 2 rings (SSSR count). The Morgan fingerprint density at radius 2 is 1.95 bits per heavy atom. The van der Waals surface area contributed by atoms with E-state index in [4.69, 9.17) is 4.74 Å². The minimum absolute atomic E-state index is 0.326. The molecule has 2 fully saturated rings. The van der Waals surface area contributed by atoms with Crippen LogP contribution in [-0.2, 0) is 4.74 Å². The highest BCUT2D eigenvalue weighted by Crippen LogP contribution is 2.46. The highest BCUT2D eigenvalue weighted by molar-refractivity contribution is 5.05. The Labute approximate surface area is 125 Å². The van der Waals surface area contributed by atoms with Gasteiger partial charge >= 0.3 is 0 Å². The van der Waals surface area contributed by atoms with Gasteiger partial charge in [0, 0.05) is 30.7 Å². The first-order valence-electron chi connectivity index (χ1n) is 8.70. The third-order valence-electron chi connectivity index (χ3n) is 5.58. The van der Waals surface area contributed by atoms with E-state index in [1.165, 1.54) is 51.7 Å². The molecule has 0 aromatic rings. The molecule has 0 aromatic heterocycles. The molecule has 1 aliphatic heterocycles. The molecule has 1 saturated heterocycles. The second-order valence-electron chi connectivity index (χ2n) is 7.02. The molecule has 1 saturated carbocycles. The van der Waals surface area contributed by atoms with E-state index in [0.717, 1.165) is 6.61 Å². The zero-order chi connectivity index (χ0) is 14.6. The van der Waals surface area contributed by atoms with Crippen molar-refractivity contribution in [3.8, 4) is 0 Å². The van der Waals surface area contributed by atoms with E-state index in [1.807, 2.05) is 0 Å². The summed E-state index contributed by atoms with van der Waals surface area (Å²) < 4.78 is 5.90. The maximum atomic E-state index is 5.90. The molecular weight excluding hydrogens is 248 g/mol. The van der Waals surface area contributed by atoms with Gasteiger partial charge in [-0.05, 0) is 52.6 Å². The van der Waals surface area contributed by atoms with E-state index >= 15 is 0 Å². The molecule has 3 heteroatoms. The molecule has 0 radical (unpaired) electrons. The Morgan fingerprint density at radius 3 is 2.55 bits per heavy atom. The SMILES string of the molecule is CCOC1CC(NC(C)CN2CCCCC2)C1(C)CC. The van der Waals surface area contributed by atoms with Gasteiger partial charge in [-0.15, -0.1) is 0 Å². The van der Waals surface area contributed by atoms with Crippen molar-refractivity contribution < 1.29 is 4.74 Å². The lowest BCUT2D eigenvalue weighted by molar-refractivity contribution is -0.128. The molecule has 1 heterocycles. The third kappa shape index (κ3) is 3.55. The first-order valence-corrected chi connectivity index (χ1v) is 8.70. The smallest absolute Gasteiger partial charge is 0.0658 e. The normalized spacial score (nSPS) is 36.6. The maximum absolute atomic E-state index is 5.90. The first-order chi connectivity index (χ1) is 9.60. The Kier molecular flexibility index (Phi) is 5.88. The fraction of sp³-hybridized carbons (Fsp3) is 1.00. The quantitative estimate of drug-likeness (QED) is 0.777. The lowest BCUT2D eigenvalue weighted by Crippen LogP contribution is -2.64. The van der Waals surface area contributed by atoms with Crippen molar-refractivity contribution in [3.05, 3.63) is 0 Å². The molecular formula is C17H34N2O. The standard InChI is InChI=1S/C17H34N2O/c1-5-17(4)15(12-16(17)20-6-2)18-14(3)13-19-10-8-7-9-11-19/h14-16,18H,5-13H2,1-4H3. The molecule has 0 spiro atoms. The Morgan fingerprint density at radius 1 is 1.25 bits per heavy atom. The number of likely N-dealkylation sites (tertiary alicyclic amines) is 1. The van der Waals surface area contributed by atoms with Crippen molar-refractivity contribution >= 4 is 0 Å². The summed E-state index contributed by atoms with van der Waals surface area (Å²) in [7, 11) is 0. The van der Waals surface area contributed by atoms with E-state index < -0.39 is 0 Å². The van der Waals surface area contributed by atoms with Gasteiger partial charge in [-0.2, -0.15) is 0 Å².